The molecule has 3 rings (SSSR count). The van der Waals surface area contributed by atoms with Crippen molar-refractivity contribution < 1.29 is 14.5 Å². The minimum Gasteiger partial charge on any atom is -0.465 e. The van der Waals surface area contributed by atoms with Crippen LogP contribution in [0.3, 0.4) is 0 Å². The summed E-state index contributed by atoms with van der Waals surface area (Å²) < 4.78 is 4.71. The topological polar surface area (TPSA) is 115 Å². The Morgan fingerprint density at radius 2 is 2.14 bits per heavy atom. The first-order chi connectivity index (χ1) is 13.2. The van der Waals surface area contributed by atoms with Crippen molar-refractivity contribution in [2.45, 2.75) is 6.92 Å². The number of nitro benzene ring substituents is 1. The molecule has 0 atom stereocenters. The Morgan fingerprint density at radius 1 is 1.43 bits per heavy atom. The van der Waals surface area contributed by atoms with Gasteiger partial charge in [0, 0.05) is 6.07 Å². The van der Waals surface area contributed by atoms with Gasteiger partial charge in [0.05, 0.1) is 22.5 Å². The van der Waals surface area contributed by atoms with Crippen LogP contribution in [-0.2, 0) is 4.74 Å². The number of ether oxygens (including phenoxy) is 1. The van der Waals surface area contributed by atoms with E-state index in [1.165, 1.54) is 25.3 Å². The number of hydrogen-bond acceptors (Lipinski definition) is 7. The smallest absolute Gasteiger partial charge is 0.348 e. The molecular formula is C17H11Cl2N3O5S. The molecule has 0 fully saturated rings. The lowest BCUT2D eigenvalue weighted by atomic mass is 10.2. The molecule has 28 heavy (non-hydrogen) atoms. The molecule has 0 aliphatic carbocycles. The lowest BCUT2D eigenvalue weighted by Gasteiger charge is -2.01. The van der Waals surface area contributed by atoms with Gasteiger partial charge >= 0.3 is 5.97 Å². The zero-order chi connectivity index (χ0) is 20.6. The largest absolute Gasteiger partial charge is 0.465 e. The Bertz CT molecular complexity index is 1220. The summed E-state index contributed by atoms with van der Waals surface area (Å²) in [5, 5.41) is 11.3. The number of fused-ring (bicyclic) bond motifs is 1. The van der Waals surface area contributed by atoms with Gasteiger partial charge < -0.3 is 9.72 Å². The first-order valence-corrected chi connectivity index (χ1v) is 9.23. The number of rotatable bonds is 4. The maximum atomic E-state index is 12.5. The van der Waals surface area contributed by atoms with Crippen molar-refractivity contribution in [1.29, 1.82) is 0 Å². The third kappa shape index (κ3) is 3.64. The molecule has 0 radical (unpaired) electrons. The van der Waals surface area contributed by atoms with Crippen LogP contribution in [0, 0.1) is 17.0 Å². The molecule has 0 bridgehead atoms. The second-order valence-electron chi connectivity index (χ2n) is 5.60. The van der Waals surface area contributed by atoms with Gasteiger partial charge in [0.25, 0.3) is 11.2 Å². The molecular weight excluding hydrogens is 429 g/mol. The van der Waals surface area contributed by atoms with Crippen LogP contribution in [0.5, 0.6) is 0 Å². The van der Waals surface area contributed by atoms with Gasteiger partial charge in [-0.3, -0.25) is 14.9 Å². The number of carbonyl (C=O) groups is 1. The number of nitro groups is 1. The Labute approximate surface area is 171 Å². The van der Waals surface area contributed by atoms with E-state index in [2.05, 4.69) is 9.97 Å². The normalized spacial score (nSPS) is 11.6. The summed E-state index contributed by atoms with van der Waals surface area (Å²) in [7, 11) is 1.25. The molecule has 2 heterocycles. The zero-order valence-corrected chi connectivity index (χ0v) is 16.7. The molecule has 0 saturated carbocycles. The summed E-state index contributed by atoms with van der Waals surface area (Å²) in [6, 6.07) is 4.17. The van der Waals surface area contributed by atoms with Crippen LogP contribution in [0.1, 0.15) is 26.6 Å². The number of esters is 1. The summed E-state index contributed by atoms with van der Waals surface area (Å²) in [6.07, 6.45) is 1.41. The Morgan fingerprint density at radius 3 is 2.79 bits per heavy atom. The summed E-state index contributed by atoms with van der Waals surface area (Å²) in [6.45, 7) is 1.63. The lowest BCUT2D eigenvalue weighted by Crippen LogP contribution is -2.10. The summed E-state index contributed by atoms with van der Waals surface area (Å²) in [4.78, 5) is 42.1. The van der Waals surface area contributed by atoms with Crippen LogP contribution in [-0.4, -0.2) is 28.0 Å². The fourth-order valence-electron chi connectivity index (χ4n) is 2.52. The number of carbonyl (C=O) groups excluding carboxylic acids is 1. The highest BCUT2D eigenvalue weighted by atomic mass is 35.5. The van der Waals surface area contributed by atoms with E-state index in [9.17, 15) is 19.7 Å². The van der Waals surface area contributed by atoms with E-state index in [-0.39, 0.29) is 31.8 Å². The van der Waals surface area contributed by atoms with Gasteiger partial charge in [-0.05, 0) is 30.2 Å². The van der Waals surface area contributed by atoms with E-state index in [1.54, 1.807) is 13.0 Å². The summed E-state index contributed by atoms with van der Waals surface area (Å²) in [5.41, 5.74) is 0.146. The predicted molar refractivity (Wildman–Crippen MR) is 108 cm³/mol. The molecule has 0 unspecified atom stereocenters. The van der Waals surface area contributed by atoms with Crippen LogP contribution >= 0.6 is 34.5 Å². The molecule has 1 aromatic carbocycles. The van der Waals surface area contributed by atoms with E-state index in [1.807, 2.05) is 0 Å². The van der Waals surface area contributed by atoms with Crippen molar-refractivity contribution in [2.75, 3.05) is 7.11 Å². The Hall–Kier alpha value is -2.75. The molecule has 0 aliphatic heterocycles. The predicted octanol–water partition coefficient (Wildman–Crippen LogP) is 4.38. The van der Waals surface area contributed by atoms with E-state index in [4.69, 9.17) is 27.9 Å². The average Bonchev–Trinajstić information content (AvgIpc) is 2.99. The number of H-pyrrole nitrogens is 1. The fourth-order valence-corrected chi connectivity index (χ4v) is 4.02. The molecule has 0 aliphatic rings. The number of hydrogen-bond donors (Lipinski definition) is 1. The van der Waals surface area contributed by atoms with Crippen LogP contribution in [0.25, 0.3) is 21.3 Å². The minimum absolute atomic E-state index is 0.00405. The number of benzene rings is 1. The third-order valence-electron chi connectivity index (χ3n) is 3.86. The van der Waals surface area contributed by atoms with Crippen molar-refractivity contribution in [3.63, 3.8) is 0 Å². The van der Waals surface area contributed by atoms with E-state index in [0.717, 1.165) is 11.3 Å². The van der Waals surface area contributed by atoms with Crippen molar-refractivity contribution in [3.05, 3.63) is 65.5 Å². The van der Waals surface area contributed by atoms with Crippen molar-refractivity contribution >= 4 is 67.5 Å². The van der Waals surface area contributed by atoms with Crippen LogP contribution in [0.15, 0.2) is 23.0 Å². The number of methoxy groups -OCH3 is 1. The van der Waals surface area contributed by atoms with Crippen molar-refractivity contribution in [2.24, 2.45) is 0 Å². The number of nitrogens with one attached hydrogen (secondary N) is 1. The maximum absolute atomic E-state index is 12.5. The molecule has 8 nitrogen and oxygen atoms in total. The summed E-state index contributed by atoms with van der Waals surface area (Å²) in [5.74, 6) is -0.494. The van der Waals surface area contributed by atoms with Crippen molar-refractivity contribution in [1.82, 2.24) is 9.97 Å². The van der Waals surface area contributed by atoms with E-state index >= 15 is 0 Å². The number of aryl methyl sites for hydroxylation is 1. The Balaban J connectivity index is 2.10. The fraction of sp³-hybridized carbons (Fsp3) is 0.118. The first-order valence-electron chi connectivity index (χ1n) is 7.66. The monoisotopic (exact) mass is 439 g/mol. The maximum Gasteiger partial charge on any atom is 0.348 e. The minimum atomic E-state index is -0.609. The van der Waals surface area contributed by atoms with E-state index < -0.39 is 16.5 Å². The molecule has 0 amide bonds. The molecule has 0 spiro atoms. The van der Waals surface area contributed by atoms with Gasteiger partial charge in [0.1, 0.15) is 14.7 Å². The number of aromatic nitrogens is 2. The van der Waals surface area contributed by atoms with Gasteiger partial charge in [0.15, 0.2) is 5.82 Å². The number of aromatic amines is 1. The zero-order valence-electron chi connectivity index (χ0n) is 14.4. The van der Waals surface area contributed by atoms with Crippen molar-refractivity contribution in [3.8, 4) is 0 Å². The quantitative estimate of drug-likeness (QED) is 0.366. The first kappa shape index (κ1) is 20.0. The number of thiophene rings is 1. The third-order valence-corrected chi connectivity index (χ3v) is 5.63. The van der Waals surface area contributed by atoms with E-state index in [0.29, 0.717) is 16.0 Å². The molecule has 2 aromatic heterocycles. The highest BCUT2D eigenvalue weighted by Crippen LogP contribution is 2.30. The number of halogens is 2. The van der Waals surface area contributed by atoms with Gasteiger partial charge in [-0.1, -0.05) is 29.3 Å². The lowest BCUT2D eigenvalue weighted by molar-refractivity contribution is -0.384. The molecule has 1 N–H and O–H groups in total. The van der Waals surface area contributed by atoms with Crippen LogP contribution < -0.4 is 5.56 Å². The van der Waals surface area contributed by atoms with Gasteiger partial charge in [-0.25, -0.2) is 9.78 Å². The van der Waals surface area contributed by atoms with Crippen LogP contribution in [0.4, 0.5) is 5.69 Å². The highest BCUT2D eigenvalue weighted by molar-refractivity contribution is 7.20. The second kappa shape index (κ2) is 7.70. The summed E-state index contributed by atoms with van der Waals surface area (Å²) >= 11 is 13.1. The van der Waals surface area contributed by atoms with Crippen LogP contribution in [0.2, 0.25) is 5.02 Å². The Kier molecular flexibility index (Phi) is 5.50. The molecule has 11 heteroatoms. The van der Waals surface area contributed by atoms with Gasteiger partial charge in [-0.2, -0.15) is 0 Å². The SMILES string of the molecule is COC(=O)c1sc2nc(/C(Cl)=C/c3ccc(Cl)c([N+](=O)[O-])c3)[nH]c(=O)c2c1C. The molecule has 0 saturated heterocycles. The van der Waals surface area contributed by atoms with Gasteiger partial charge in [-0.15, -0.1) is 11.3 Å². The van der Waals surface area contributed by atoms with Gasteiger partial charge in [0.2, 0.25) is 0 Å². The average molecular weight is 440 g/mol. The molecule has 144 valence electrons. The molecule has 3 aromatic rings. The standard InChI is InChI=1S/C17H11Cl2N3O5S/c1-7-12-15(23)20-14(21-16(12)28-13(7)17(24)27-2)10(19)5-8-3-4-9(18)11(6-8)22(25)26/h3-6H,1-2H3,(H,20,21,23)/b10-5-. The second-order valence-corrected chi connectivity index (χ2v) is 7.42. The highest BCUT2D eigenvalue weighted by Gasteiger charge is 2.20. The number of nitrogens with zero attached hydrogens (tertiary/aromatic N) is 2.